The monoisotopic (exact) mass is 539 g/mol. The van der Waals surface area contributed by atoms with E-state index in [4.69, 9.17) is 11.6 Å². The lowest BCUT2D eigenvalue weighted by molar-refractivity contribution is -0.401. The number of rotatable bonds is 3. The Morgan fingerprint density at radius 2 is 1.51 bits per heavy atom. The number of nitrogens with zero attached hydrogens (tertiary/aromatic N) is 2. The van der Waals surface area contributed by atoms with Crippen LogP contribution >= 0.6 is 11.6 Å². The Bertz CT molecular complexity index is 1470. The standard InChI is InChI=1S/C36H44ClN2/c1-34(2,3)26-22-24(18-20-31-35(4,5)27-14-10-12-16-29(27)38(31)8)33(37)25(23-26)19-21-32-36(6,7)28-15-11-13-17-30(28)39(32)9/h10-21,26H,22-23H2,1-9H3/q+1. The fraction of sp³-hybridized carbons (Fsp3) is 0.417. The molecule has 1 atom stereocenters. The predicted octanol–water partition coefficient (Wildman–Crippen LogP) is 9.44. The molecule has 39 heavy (non-hydrogen) atoms. The lowest BCUT2D eigenvalue weighted by Crippen LogP contribution is -2.27. The molecule has 2 aromatic rings. The highest BCUT2D eigenvalue weighted by molar-refractivity contribution is 6.32. The zero-order valence-corrected chi connectivity index (χ0v) is 25.9. The zero-order chi connectivity index (χ0) is 28.3. The van der Waals surface area contributed by atoms with Gasteiger partial charge in [-0.25, -0.2) is 0 Å². The summed E-state index contributed by atoms with van der Waals surface area (Å²) in [5, 5.41) is 0.913. The van der Waals surface area contributed by atoms with E-state index in [2.05, 4.69) is 145 Å². The van der Waals surface area contributed by atoms with Crippen LogP contribution in [0.3, 0.4) is 0 Å². The summed E-state index contributed by atoms with van der Waals surface area (Å²) in [4.78, 5) is 2.33. The minimum Gasteiger partial charge on any atom is -0.347 e. The molecule has 0 amide bonds. The molecule has 1 unspecified atom stereocenters. The highest BCUT2D eigenvalue weighted by Crippen LogP contribution is 2.48. The number of hydrogen-bond donors (Lipinski definition) is 0. The third-order valence-electron chi connectivity index (χ3n) is 9.49. The Labute approximate surface area is 241 Å². The maximum absolute atomic E-state index is 7.22. The van der Waals surface area contributed by atoms with Crippen LogP contribution in [0.5, 0.6) is 0 Å². The third kappa shape index (κ3) is 4.65. The summed E-state index contributed by atoms with van der Waals surface area (Å²) in [7, 11) is 4.36. The Morgan fingerprint density at radius 3 is 2.15 bits per heavy atom. The van der Waals surface area contributed by atoms with Gasteiger partial charge in [0.1, 0.15) is 7.05 Å². The number of hydrogen-bond acceptors (Lipinski definition) is 1. The highest BCUT2D eigenvalue weighted by Gasteiger charge is 2.43. The molecule has 2 aliphatic heterocycles. The Kier molecular flexibility index (Phi) is 6.87. The average molecular weight is 540 g/mol. The molecule has 2 heterocycles. The van der Waals surface area contributed by atoms with E-state index in [0.717, 1.165) is 17.9 Å². The van der Waals surface area contributed by atoms with E-state index in [1.807, 2.05) is 0 Å². The normalized spacial score (nSPS) is 24.4. The van der Waals surface area contributed by atoms with E-state index in [1.54, 1.807) is 0 Å². The number of halogens is 1. The SMILES string of the molecule is CN1C(=CC=C2CC(C(C)(C)C)CC(C=CC3=[N+](C)c4ccccc4C3(C)C)=C2Cl)C(C)(C)c2ccccc21. The van der Waals surface area contributed by atoms with Crippen molar-refractivity contribution >= 4 is 28.7 Å². The quantitative estimate of drug-likeness (QED) is 0.352. The van der Waals surface area contributed by atoms with Crippen molar-refractivity contribution in [3.8, 4) is 0 Å². The van der Waals surface area contributed by atoms with Gasteiger partial charge in [0.2, 0.25) is 5.69 Å². The lowest BCUT2D eigenvalue weighted by atomic mass is 9.70. The Morgan fingerprint density at radius 1 is 0.872 bits per heavy atom. The molecule has 0 N–H and O–H groups in total. The van der Waals surface area contributed by atoms with E-state index in [1.165, 1.54) is 45.1 Å². The number of fused-ring (bicyclic) bond motifs is 2. The van der Waals surface area contributed by atoms with Crippen LogP contribution in [0.25, 0.3) is 0 Å². The van der Waals surface area contributed by atoms with Crippen molar-refractivity contribution in [1.82, 2.24) is 0 Å². The van der Waals surface area contributed by atoms with Crippen LogP contribution in [0.4, 0.5) is 11.4 Å². The average Bonchev–Trinajstić information content (AvgIpc) is 3.20. The molecule has 0 saturated heterocycles. The molecule has 0 bridgehead atoms. The molecule has 3 aliphatic rings. The minimum absolute atomic E-state index is 0.0519. The van der Waals surface area contributed by atoms with Gasteiger partial charge in [-0.05, 0) is 66.9 Å². The summed E-state index contributed by atoms with van der Waals surface area (Å²) >= 11 is 7.22. The topological polar surface area (TPSA) is 6.25 Å². The van der Waals surface area contributed by atoms with Crippen LogP contribution in [0.1, 0.15) is 72.4 Å². The highest BCUT2D eigenvalue weighted by atomic mass is 35.5. The lowest BCUT2D eigenvalue weighted by Gasteiger charge is -2.35. The zero-order valence-electron chi connectivity index (χ0n) is 25.2. The molecule has 2 nitrogen and oxygen atoms in total. The summed E-state index contributed by atoms with van der Waals surface area (Å²) in [6.45, 7) is 16.4. The minimum atomic E-state index is -0.0519. The molecule has 1 aliphatic carbocycles. The molecule has 204 valence electrons. The van der Waals surface area contributed by atoms with Crippen LogP contribution in [0, 0.1) is 11.3 Å². The van der Waals surface area contributed by atoms with Gasteiger partial charge < -0.3 is 4.90 Å². The molecule has 2 aromatic carbocycles. The number of allylic oxidation sites excluding steroid dienone is 8. The van der Waals surface area contributed by atoms with E-state index in [0.29, 0.717) is 5.92 Å². The second-order valence-electron chi connectivity index (χ2n) is 13.7. The van der Waals surface area contributed by atoms with E-state index < -0.39 is 0 Å². The van der Waals surface area contributed by atoms with Crippen molar-refractivity contribution in [3.63, 3.8) is 0 Å². The Balaban J connectivity index is 1.54. The van der Waals surface area contributed by atoms with Gasteiger partial charge in [0.25, 0.3) is 0 Å². The molecule has 0 aromatic heterocycles. The van der Waals surface area contributed by atoms with Gasteiger partial charge in [-0.2, -0.15) is 4.58 Å². The van der Waals surface area contributed by atoms with E-state index in [-0.39, 0.29) is 16.2 Å². The van der Waals surface area contributed by atoms with Crippen LogP contribution in [-0.4, -0.2) is 24.4 Å². The number of benzene rings is 2. The molecule has 0 spiro atoms. The smallest absolute Gasteiger partial charge is 0.209 e. The predicted molar refractivity (Wildman–Crippen MR) is 169 cm³/mol. The van der Waals surface area contributed by atoms with Crippen molar-refractivity contribution in [2.45, 2.75) is 72.1 Å². The summed E-state index contributed by atoms with van der Waals surface area (Å²) in [6, 6.07) is 17.5. The van der Waals surface area contributed by atoms with Gasteiger partial charge >= 0.3 is 0 Å². The summed E-state index contributed by atoms with van der Waals surface area (Å²) < 4.78 is 2.33. The summed E-state index contributed by atoms with van der Waals surface area (Å²) in [6.07, 6.45) is 11.2. The fourth-order valence-electron chi connectivity index (χ4n) is 6.85. The third-order valence-corrected chi connectivity index (χ3v) is 9.97. The van der Waals surface area contributed by atoms with Gasteiger partial charge in [0.15, 0.2) is 5.71 Å². The van der Waals surface area contributed by atoms with Crippen molar-refractivity contribution in [2.24, 2.45) is 11.3 Å². The second kappa shape index (κ2) is 9.66. The fourth-order valence-corrected chi connectivity index (χ4v) is 7.13. The van der Waals surface area contributed by atoms with E-state index >= 15 is 0 Å². The van der Waals surface area contributed by atoms with Gasteiger partial charge in [-0.3, -0.25) is 0 Å². The number of para-hydroxylation sites is 2. The largest absolute Gasteiger partial charge is 0.347 e. The molecule has 5 rings (SSSR count). The van der Waals surface area contributed by atoms with E-state index in [9.17, 15) is 0 Å². The molecule has 0 saturated carbocycles. The first-order valence-electron chi connectivity index (χ1n) is 14.3. The van der Waals surface area contributed by atoms with Gasteiger partial charge in [-0.15, -0.1) is 0 Å². The maximum Gasteiger partial charge on any atom is 0.209 e. The molecular weight excluding hydrogens is 496 g/mol. The van der Waals surface area contributed by atoms with Crippen LogP contribution < -0.4 is 4.90 Å². The van der Waals surface area contributed by atoms with Crippen LogP contribution in [0.15, 0.2) is 94.7 Å². The Hall–Kier alpha value is -2.84. The van der Waals surface area contributed by atoms with Crippen molar-refractivity contribution in [2.75, 3.05) is 19.0 Å². The van der Waals surface area contributed by atoms with Crippen molar-refractivity contribution in [1.29, 1.82) is 0 Å². The second-order valence-corrected chi connectivity index (χ2v) is 14.1. The van der Waals surface area contributed by atoms with Crippen LogP contribution in [0.2, 0.25) is 0 Å². The van der Waals surface area contributed by atoms with Crippen LogP contribution in [-0.2, 0) is 10.8 Å². The first-order valence-corrected chi connectivity index (χ1v) is 14.6. The maximum atomic E-state index is 7.22. The van der Waals surface area contributed by atoms with Gasteiger partial charge in [0, 0.05) is 46.6 Å². The molecule has 0 fully saturated rings. The van der Waals surface area contributed by atoms with Crippen molar-refractivity contribution in [3.05, 3.63) is 106 Å². The first-order chi connectivity index (χ1) is 18.2. The molecular formula is C36H44ClN2+. The van der Waals surface area contributed by atoms with Gasteiger partial charge in [-0.1, -0.05) is 94.8 Å². The first kappa shape index (κ1) is 27.7. The number of likely N-dealkylation sites (N-methyl/N-ethyl adjacent to an activating group) is 1. The molecule has 3 heteroatoms. The summed E-state index contributed by atoms with van der Waals surface area (Å²) in [5.74, 6) is 0.521. The summed E-state index contributed by atoms with van der Waals surface area (Å²) in [5.41, 5.74) is 10.5. The van der Waals surface area contributed by atoms with Crippen molar-refractivity contribution < 1.29 is 4.58 Å². The number of anilines is 1. The van der Waals surface area contributed by atoms with Gasteiger partial charge in [0.05, 0.1) is 5.41 Å². The molecule has 0 radical (unpaired) electrons.